The first-order valence-electron chi connectivity index (χ1n) is 4.11. The van der Waals surface area contributed by atoms with Crippen molar-refractivity contribution >= 4 is 37.6 Å². The van der Waals surface area contributed by atoms with Crippen molar-refractivity contribution in [1.82, 2.24) is 0 Å². The number of phenolic OH excluding ortho intramolecular Hbond substituents is 1. The lowest BCUT2D eigenvalue weighted by Gasteiger charge is -2.08. The molecule has 0 aromatic heterocycles. The van der Waals surface area contributed by atoms with E-state index in [1.54, 1.807) is 26.0 Å². The van der Waals surface area contributed by atoms with Gasteiger partial charge in [-0.3, -0.25) is 4.79 Å². The van der Waals surface area contributed by atoms with Crippen molar-refractivity contribution in [1.29, 1.82) is 0 Å². The Hall–Kier alpha value is -0.350. The molecule has 0 amide bonds. The summed E-state index contributed by atoms with van der Waals surface area (Å²) in [5.41, 5.74) is 1.04. The molecular formula is C10H10Br2O2. The molecule has 0 fully saturated rings. The van der Waals surface area contributed by atoms with Crippen LogP contribution in [0.3, 0.4) is 0 Å². The molecule has 0 saturated heterocycles. The van der Waals surface area contributed by atoms with Gasteiger partial charge in [0.2, 0.25) is 0 Å². The molecule has 0 aliphatic heterocycles. The summed E-state index contributed by atoms with van der Waals surface area (Å²) < 4.78 is 0.796. The van der Waals surface area contributed by atoms with E-state index in [0.717, 1.165) is 4.47 Å². The number of hydrogen-bond donors (Lipinski definition) is 1. The summed E-state index contributed by atoms with van der Waals surface area (Å²) in [6.45, 7) is 3.49. The van der Waals surface area contributed by atoms with E-state index in [1.807, 2.05) is 0 Å². The van der Waals surface area contributed by atoms with E-state index in [2.05, 4.69) is 31.9 Å². The van der Waals surface area contributed by atoms with Crippen molar-refractivity contribution in [3.63, 3.8) is 0 Å². The second-order valence-corrected chi connectivity index (χ2v) is 5.39. The number of benzene rings is 1. The van der Waals surface area contributed by atoms with E-state index >= 15 is 0 Å². The summed E-state index contributed by atoms with van der Waals surface area (Å²) in [5, 5.41) is 9.68. The lowest BCUT2D eigenvalue weighted by Crippen LogP contribution is -2.10. The van der Waals surface area contributed by atoms with Crippen LogP contribution >= 0.6 is 31.9 Å². The van der Waals surface area contributed by atoms with Crippen molar-refractivity contribution < 1.29 is 9.90 Å². The van der Waals surface area contributed by atoms with E-state index in [1.165, 1.54) is 0 Å². The molecule has 0 radical (unpaired) electrons. The molecule has 0 heterocycles. The summed E-state index contributed by atoms with van der Waals surface area (Å²) in [4.78, 5) is 11.4. The van der Waals surface area contributed by atoms with Gasteiger partial charge in [-0.05, 0) is 31.5 Å². The van der Waals surface area contributed by atoms with Crippen molar-refractivity contribution in [2.75, 3.05) is 0 Å². The Morgan fingerprint density at radius 1 is 1.50 bits per heavy atom. The highest BCUT2D eigenvalue weighted by Gasteiger charge is 2.17. The van der Waals surface area contributed by atoms with Crippen LogP contribution in [0.5, 0.6) is 5.75 Å². The Labute approximate surface area is 99.6 Å². The first-order valence-corrected chi connectivity index (χ1v) is 5.81. The first kappa shape index (κ1) is 11.7. The predicted molar refractivity (Wildman–Crippen MR) is 63.3 cm³/mol. The molecule has 0 aliphatic carbocycles. The molecular weight excluding hydrogens is 312 g/mol. The third-order valence-electron chi connectivity index (χ3n) is 1.89. The fourth-order valence-electron chi connectivity index (χ4n) is 1.14. The Morgan fingerprint density at radius 2 is 2.07 bits per heavy atom. The number of alkyl halides is 1. The zero-order valence-corrected chi connectivity index (χ0v) is 11.0. The van der Waals surface area contributed by atoms with E-state index in [-0.39, 0.29) is 16.4 Å². The van der Waals surface area contributed by atoms with Crippen LogP contribution < -0.4 is 0 Å². The zero-order valence-electron chi connectivity index (χ0n) is 7.84. The number of phenols is 1. The molecule has 0 aliphatic rings. The highest BCUT2D eigenvalue weighted by Crippen LogP contribution is 2.28. The summed E-state index contributed by atoms with van der Waals surface area (Å²) in [5.74, 6) is -0.0589. The monoisotopic (exact) mass is 320 g/mol. The Morgan fingerprint density at radius 3 is 2.57 bits per heavy atom. The average molecular weight is 322 g/mol. The highest BCUT2D eigenvalue weighted by molar-refractivity contribution is 9.10. The number of ketones is 1. The maximum Gasteiger partial charge on any atom is 0.179 e. The number of aromatic hydroxyl groups is 1. The first-order chi connectivity index (χ1) is 6.43. The number of Topliss-reactive ketones (excluding diaryl/α,β-unsaturated/α-hetero) is 1. The second-order valence-electron chi connectivity index (χ2n) is 3.10. The van der Waals surface area contributed by atoms with Gasteiger partial charge >= 0.3 is 0 Å². The van der Waals surface area contributed by atoms with Crippen LogP contribution in [0.15, 0.2) is 16.6 Å². The smallest absolute Gasteiger partial charge is 0.179 e. The molecule has 1 rings (SSSR count). The second kappa shape index (κ2) is 4.45. The number of carbonyl (C=O) groups is 1. The molecule has 2 nitrogen and oxygen atoms in total. The van der Waals surface area contributed by atoms with E-state index < -0.39 is 0 Å². The molecule has 0 saturated carbocycles. The zero-order chi connectivity index (χ0) is 10.9. The SMILES string of the molecule is Cc1cc(Br)cc(C(=O)[C@H](C)Br)c1O. The average Bonchev–Trinajstić information content (AvgIpc) is 2.09. The topological polar surface area (TPSA) is 37.3 Å². The minimum Gasteiger partial charge on any atom is -0.507 e. The normalized spacial score (nSPS) is 12.6. The summed E-state index contributed by atoms with van der Waals surface area (Å²) in [7, 11) is 0. The van der Waals surface area contributed by atoms with Gasteiger partial charge in [0.15, 0.2) is 5.78 Å². The van der Waals surface area contributed by atoms with Crippen LogP contribution in [0, 0.1) is 6.92 Å². The molecule has 76 valence electrons. The lowest BCUT2D eigenvalue weighted by atomic mass is 10.0. The van der Waals surface area contributed by atoms with Crippen molar-refractivity contribution in [2.45, 2.75) is 18.7 Å². The van der Waals surface area contributed by atoms with E-state index in [0.29, 0.717) is 11.1 Å². The molecule has 1 aromatic carbocycles. The fourth-order valence-corrected chi connectivity index (χ4v) is 1.96. The number of carbonyl (C=O) groups excluding carboxylic acids is 1. The Balaban J connectivity index is 3.27. The molecule has 0 unspecified atom stereocenters. The van der Waals surface area contributed by atoms with Crippen molar-refractivity contribution in [3.8, 4) is 5.75 Å². The third-order valence-corrected chi connectivity index (χ3v) is 2.77. The number of aryl methyl sites for hydroxylation is 1. The van der Waals surface area contributed by atoms with Gasteiger partial charge in [0, 0.05) is 4.47 Å². The maximum absolute atomic E-state index is 11.6. The number of hydrogen-bond acceptors (Lipinski definition) is 2. The minimum absolute atomic E-state index is 0.0597. The Kier molecular flexibility index (Phi) is 3.72. The number of halogens is 2. The van der Waals surface area contributed by atoms with Gasteiger partial charge in [-0.25, -0.2) is 0 Å². The lowest BCUT2D eigenvalue weighted by molar-refractivity contribution is 0.0993. The summed E-state index contributed by atoms with van der Waals surface area (Å²) in [6.07, 6.45) is 0. The van der Waals surface area contributed by atoms with Gasteiger partial charge in [0.05, 0.1) is 10.4 Å². The van der Waals surface area contributed by atoms with Gasteiger partial charge in [0.1, 0.15) is 5.75 Å². The van der Waals surface area contributed by atoms with Gasteiger partial charge < -0.3 is 5.11 Å². The van der Waals surface area contributed by atoms with Crippen LogP contribution in [-0.2, 0) is 0 Å². The van der Waals surface area contributed by atoms with Gasteiger partial charge in [-0.2, -0.15) is 0 Å². The van der Waals surface area contributed by atoms with Crippen LogP contribution in [0.4, 0.5) is 0 Å². The predicted octanol–water partition coefficient (Wildman–Crippen LogP) is 3.43. The maximum atomic E-state index is 11.6. The van der Waals surface area contributed by atoms with Gasteiger partial charge in [0.25, 0.3) is 0 Å². The van der Waals surface area contributed by atoms with E-state index in [9.17, 15) is 9.90 Å². The third kappa shape index (κ3) is 2.36. The molecule has 0 spiro atoms. The van der Waals surface area contributed by atoms with Crippen molar-refractivity contribution in [3.05, 3.63) is 27.7 Å². The minimum atomic E-state index is -0.290. The molecule has 14 heavy (non-hydrogen) atoms. The van der Waals surface area contributed by atoms with Gasteiger partial charge in [-0.1, -0.05) is 31.9 Å². The molecule has 0 bridgehead atoms. The van der Waals surface area contributed by atoms with Gasteiger partial charge in [-0.15, -0.1) is 0 Å². The molecule has 1 N–H and O–H groups in total. The molecule has 1 aromatic rings. The van der Waals surface area contributed by atoms with Crippen molar-refractivity contribution in [2.24, 2.45) is 0 Å². The molecule has 4 heteroatoms. The largest absolute Gasteiger partial charge is 0.507 e. The van der Waals surface area contributed by atoms with Crippen LogP contribution in [0.25, 0.3) is 0 Å². The Bertz CT molecular complexity index is 373. The molecule has 1 atom stereocenters. The van der Waals surface area contributed by atoms with Crippen LogP contribution in [0.1, 0.15) is 22.8 Å². The van der Waals surface area contributed by atoms with Crippen LogP contribution in [0.2, 0.25) is 0 Å². The number of rotatable bonds is 2. The quantitative estimate of drug-likeness (QED) is 0.669. The standard InChI is InChI=1S/C10H10Br2O2/c1-5-3-7(12)4-8(9(5)13)10(14)6(2)11/h3-4,6,13H,1-2H3/t6-/m0/s1. The highest BCUT2D eigenvalue weighted by atomic mass is 79.9. The fraction of sp³-hybridized carbons (Fsp3) is 0.300. The summed E-state index contributed by atoms with van der Waals surface area (Å²) in [6, 6.07) is 3.40. The van der Waals surface area contributed by atoms with Crippen LogP contribution in [-0.4, -0.2) is 15.7 Å². The van der Waals surface area contributed by atoms with E-state index in [4.69, 9.17) is 0 Å². The summed E-state index contributed by atoms with van der Waals surface area (Å²) >= 11 is 6.47.